The van der Waals surface area contributed by atoms with Gasteiger partial charge in [0.05, 0.1) is 6.26 Å². The van der Waals surface area contributed by atoms with E-state index in [1.807, 2.05) is 12.8 Å². The lowest BCUT2D eigenvalue weighted by Crippen LogP contribution is -2.41. The third-order valence-electron chi connectivity index (χ3n) is 2.74. The average Bonchev–Trinajstić information content (AvgIpc) is 2.43. The van der Waals surface area contributed by atoms with E-state index in [-0.39, 0.29) is 17.1 Å². The van der Waals surface area contributed by atoms with Crippen LogP contribution in [0, 0.1) is 11.8 Å². The molecule has 0 aliphatic carbocycles. The van der Waals surface area contributed by atoms with Crippen molar-refractivity contribution in [2.75, 3.05) is 12.0 Å². The molecule has 5 nitrogen and oxygen atoms in total. The summed E-state index contributed by atoms with van der Waals surface area (Å²) in [6, 6.07) is 3.54. The number of aliphatic hydroxyl groups is 1. The molecule has 0 aliphatic heterocycles. The van der Waals surface area contributed by atoms with Gasteiger partial charge in [-0.25, -0.2) is 0 Å². The number of unbranched alkanes of at least 4 members (excludes halogenated alkanes) is 2. The molecule has 25 heavy (non-hydrogen) atoms. The quantitative estimate of drug-likeness (QED) is 0.312. The number of alkyl halides is 3. The fourth-order valence-corrected chi connectivity index (χ4v) is 1.76. The second-order valence-electron chi connectivity index (χ2n) is 5.08. The largest absolute Gasteiger partial charge is 0.433 e. The maximum Gasteiger partial charge on any atom is 0.433 e. The van der Waals surface area contributed by atoms with Crippen LogP contribution in [0.3, 0.4) is 0 Å². The van der Waals surface area contributed by atoms with Gasteiger partial charge in [-0.1, -0.05) is 36.8 Å². The Morgan fingerprint density at radius 1 is 1.32 bits per heavy atom. The summed E-state index contributed by atoms with van der Waals surface area (Å²) in [5, 5.41) is 10.0. The van der Waals surface area contributed by atoms with Gasteiger partial charge in [0.15, 0.2) is 0 Å². The molecule has 0 radical (unpaired) electrons. The fourth-order valence-electron chi connectivity index (χ4n) is 1.59. The molecule has 1 unspecified atom stereocenters. The highest BCUT2D eigenvalue weighted by molar-refractivity contribution is 7.85. The zero-order chi connectivity index (χ0) is 19.9. The lowest BCUT2D eigenvalue weighted by molar-refractivity contribution is -0.240. The van der Waals surface area contributed by atoms with E-state index in [1.54, 1.807) is 0 Å². The van der Waals surface area contributed by atoms with Crippen molar-refractivity contribution >= 4 is 27.4 Å². The summed E-state index contributed by atoms with van der Waals surface area (Å²) in [6.45, 7) is 1.90. The van der Waals surface area contributed by atoms with Crippen LogP contribution in [0.4, 0.5) is 18.9 Å². The van der Waals surface area contributed by atoms with Crippen molar-refractivity contribution in [3.05, 3.63) is 28.8 Å². The molecule has 1 atom stereocenters. The summed E-state index contributed by atoms with van der Waals surface area (Å²) in [5.41, 5.74) is 1.46. The number of nitrogens with two attached hydrogens (primary N) is 1. The first kappa shape index (κ1) is 23.5. The predicted octanol–water partition coefficient (Wildman–Crippen LogP) is 3.37. The minimum absolute atomic E-state index is 0.0484. The predicted molar refractivity (Wildman–Crippen MR) is 90.6 cm³/mol. The van der Waals surface area contributed by atoms with Crippen LogP contribution < -0.4 is 5.73 Å². The number of benzene rings is 1. The Balaban J connectivity index is 0.00000101. The van der Waals surface area contributed by atoms with Crippen LogP contribution in [0.15, 0.2) is 18.2 Å². The first-order chi connectivity index (χ1) is 11.2. The molecule has 1 aromatic rings. The molecule has 4 N–H and O–H groups in total. The summed E-state index contributed by atoms with van der Waals surface area (Å²) >= 11 is 5.67. The van der Waals surface area contributed by atoms with E-state index < -0.39 is 27.5 Å². The molecule has 0 aromatic heterocycles. The van der Waals surface area contributed by atoms with Gasteiger partial charge in [-0.3, -0.25) is 4.55 Å². The number of anilines is 1. The van der Waals surface area contributed by atoms with Crippen molar-refractivity contribution in [1.29, 1.82) is 0 Å². The van der Waals surface area contributed by atoms with Crippen LogP contribution in [-0.4, -0.2) is 30.5 Å². The number of hydrogen-bond acceptors (Lipinski definition) is 4. The summed E-state index contributed by atoms with van der Waals surface area (Å²) in [6.07, 6.45) is -2.52. The van der Waals surface area contributed by atoms with Gasteiger partial charge in [0, 0.05) is 22.7 Å². The zero-order valence-electron chi connectivity index (χ0n) is 13.6. The van der Waals surface area contributed by atoms with Crippen LogP contribution in [0.1, 0.15) is 31.7 Å². The van der Waals surface area contributed by atoms with Gasteiger partial charge in [-0.2, -0.15) is 21.6 Å². The topological polar surface area (TPSA) is 101 Å². The van der Waals surface area contributed by atoms with Crippen LogP contribution in [0.2, 0.25) is 5.02 Å². The Kier molecular flexibility index (Phi) is 8.74. The standard InChI is InChI=1S/C14H15ClF3NO.CH4O3S/c1-2-3-4-5-8-13(20,14(16,17)18)11-9-10(15)6-7-12(11)19;1-5(2,3)4/h6-7,9,20H,2-4,19H2,1H3;1H3,(H,2,3,4). The summed E-state index contributed by atoms with van der Waals surface area (Å²) in [7, 11) is -3.67. The fraction of sp³-hybridized carbons (Fsp3) is 0.467. The van der Waals surface area contributed by atoms with Crippen LogP contribution in [0.25, 0.3) is 0 Å². The van der Waals surface area contributed by atoms with E-state index in [4.69, 9.17) is 21.9 Å². The van der Waals surface area contributed by atoms with Crippen LogP contribution in [0.5, 0.6) is 0 Å². The smallest absolute Gasteiger partial charge is 0.398 e. The molecule has 0 spiro atoms. The molecule has 142 valence electrons. The Bertz CT molecular complexity index is 733. The lowest BCUT2D eigenvalue weighted by atomic mass is 9.92. The van der Waals surface area contributed by atoms with Crippen molar-refractivity contribution in [3.63, 3.8) is 0 Å². The molecular formula is C15H19ClF3NO4S. The van der Waals surface area contributed by atoms with Gasteiger partial charge in [0.1, 0.15) is 0 Å². The number of halogens is 4. The van der Waals surface area contributed by atoms with Gasteiger partial charge in [-0.05, 0) is 24.6 Å². The third kappa shape index (κ3) is 8.45. The van der Waals surface area contributed by atoms with E-state index >= 15 is 0 Å². The average molecular weight is 402 g/mol. The molecule has 0 saturated heterocycles. The second-order valence-corrected chi connectivity index (χ2v) is 6.98. The Morgan fingerprint density at radius 2 is 1.84 bits per heavy atom. The first-order valence-corrected chi connectivity index (χ1v) is 9.22. The SMILES string of the molecule is CCCCC#CC(O)(c1cc(Cl)ccc1N)C(F)(F)F.CS(=O)(=O)O. The number of nitrogen functional groups attached to an aromatic ring is 1. The first-order valence-electron chi connectivity index (χ1n) is 6.99. The molecule has 1 rings (SSSR count). The Hall–Kier alpha value is -1.47. The van der Waals surface area contributed by atoms with E-state index in [1.165, 1.54) is 12.1 Å². The van der Waals surface area contributed by atoms with Gasteiger partial charge in [0.2, 0.25) is 5.60 Å². The Morgan fingerprint density at radius 3 is 2.28 bits per heavy atom. The zero-order valence-corrected chi connectivity index (χ0v) is 15.1. The molecule has 0 aliphatic rings. The van der Waals surface area contributed by atoms with Crippen molar-refractivity contribution < 1.29 is 31.2 Å². The van der Waals surface area contributed by atoms with Gasteiger partial charge in [0.25, 0.3) is 10.1 Å². The highest BCUT2D eigenvalue weighted by Gasteiger charge is 2.55. The van der Waals surface area contributed by atoms with Gasteiger partial charge < -0.3 is 10.8 Å². The molecule has 10 heteroatoms. The van der Waals surface area contributed by atoms with E-state index in [0.717, 1.165) is 12.5 Å². The van der Waals surface area contributed by atoms with Crippen molar-refractivity contribution in [2.24, 2.45) is 0 Å². The van der Waals surface area contributed by atoms with E-state index in [2.05, 4.69) is 5.92 Å². The molecule has 0 bridgehead atoms. The molecule has 0 amide bonds. The minimum Gasteiger partial charge on any atom is -0.398 e. The summed E-state index contributed by atoms with van der Waals surface area (Å²) < 4.78 is 65.3. The monoisotopic (exact) mass is 401 g/mol. The van der Waals surface area contributed by atoms with Crippen molar-refractivity contribution in [1.82, 2.24) is 0 Å². The van der Waals surface area contributed by atoms with Crippen LogP contribution >= 0.6 is 11.6 Å². The molecule has 0 fully saturated rings. The van der Waals surface area contributed by atoms with E-state index in [9.17, 15) is 26.7 Å². The summed E-state index contributed by atoms with van der Waals surface area (Å²) in [5.74, 6) is 4.26. The summed E-state index contributed by atoms with van der Waals surface area (Å²) in [4.78, 5) is 0. The minimum atomic E-state index is -4.97. The molecular weight excluding hydrogens is 383 g/mol. The normalized spacial score (nSPS) is 13.8. The Labute approximate surface area is 149 Å². The van der Waals surface area contributed by atoms with Crippen LogP contribution in [-0.2, 0) is 15.7 Å². The van der Waals surface area contributed by atoms with Gasteiger partial charge >= 0.3 is 6.18 Å². The highest BCUT2D eigenvalue weighted by atomic mass is 35.5. The lowest BCUT2D eigenvalue weighted by Gasteiger charge is -2.27. The number of rotatable bonds is 3. The highest BCUT2D eigenvalue weighted by Crippen LogP contribution is 2.41. The third-order valence-corrected chi connectivity index (χ3v) is 2.98. The molecule has 0 saturated carbocycles. The maximum atomic E-state index is 13.2. The second kappa shape index (κ2) is 9.29. The molecule has 0 heterocycles. The maximum absolute atomic E-state index is 13.2. The molecule has 1 aromatic carbocycles. The van der Waals surface area contributed by atoms with Crippen molar-refractivity contribution in [2.45, 2.75) is 38.0 Å². The van der Waals surface area contributed by atoms with Crippen molar-refractivity contribution in [3.8, 4) is 11.8 Å². The van der Waals surface area contributed by atoms with E-state index in [0.29, 0.717) is 12.7 Å². The van der Waals surface area contributed by atoms with Gasteiger partial charge in [-0.15, -0.1) is 0 Å². The number of hydrogen-bond donors (Lipinski definition) is 3.